The van der Waals surface area contributed by atoms with Gasteiger partial charge in [0.1, 0.15) is 46.5 Å². The number of nitrogens with one attached hydrogen (secondary N) is 1. The Hall–Kier alpha value is -5.30. The van der Waals surface area contributed by atoms with Gasteiger partial charge in [-0.1, -0.05) is 127 Å². The first kappa shape index (κ1) is 32.3. The van der Waals surface area contributed by atoms with Crippen LogP contribution in [0, 0.1) is 0 Å². The zero-order valence-electron chi connectivity index (χ0n) is 26.3. The molecule has 5 aromatic carbocycles. The molecule has 2 amide bonds. The van der Waals surface area contributed by atoms with E-state index >= 15 is 0 Å². The SMILES string of the molecule is O=CN[C@@H]1C(=O)N2C(C(=O)OC(c3ccccc3)c3ccccc3)=C(C[P+](c3ccccc3)(c3ccccc3)c3ccccc3)C(=O)S[C@H]12. The lowest BCUT2D eigenvalue weighted by Crippen LogP contribution is -2.70. The maximum atomic E-state index is 14.7. The summed E-state index contributed by atoms with van der Waals surface area (Å²) in [6, 6.07) is 47.9. The lowest BCUT2D eigenvalue weighted by Gasteiger charge is -2.48. The third-order valence-electron chi connectivity index (χ3n) is 8.90. The van der Waals surface area contributed by atoms with Gasteiger partial charge in [-0.3, -0.25) is 19.3 Å². The van der Waals surface area contributed by atoms with Gasteiger partial charge in [0, 0.05) is 0 Å². The van der Waals surface area contributed by atoms with Crippen LogP contribution in [0.2, 0.25) is 0 Å². The smallest absolute Gasteiger partial charge is 0.356 e. The number of fused-ring (bicyclic) bond motifs is 1. The topological polar surface area (TPSA) is 92.8 Å². The number of carbonyl (C=O) groups is 4. The maximum absolute atomic E-state index is 14.7. The average molecular weight is 684 g/mol. The molecule has 2 aliphatic heterocycles. The van der Waals surface area contributed by atoms with Crippen molar-refractivity contribution < 1.29 is 23.9 Å². The summed E-state index contributed by atoms with van der Waals surface area (Å²) >= 11 is 0.952. The number of β-lactam (4-membered cyclic amide) rings is 1. The predicted octanol–water partition coefficient (Wildman–Crippen LogP) is 5.12. The van der Waals surface area contributed by atoms with E-state index in [2.05, 4.69) is 41.7 Å². The number of amides is 2. The monoisotopic (exact) mass is 683 g/mol. The van der Waals surface area contributed by atoms with Crippen LogP contribution in [0.5, 0.6) is 0 Å². The van der Waals surface area contributed by atoms with E-state index in [1.54, 1.807) is 0 Å². The molecule has 2 atom stereocenters. The van der Waals surface area contributed by atoms with Crippen LogP contribution in [0.15, 0.2) is 163 Å². The minimum atomic E-state index is -2.67. The molecule has 49 heavy (non-hydrogen) atoms. The molecule has 1 saturated heterocycles. The van der Waals surface area contributed by atoms with Crippen LogP contribution in [0.3, 0.4) is 0 Å². The molecule has 0 bridgehead atoms. The van der Waals surface area contributed by atoms with Crippen LogP contribution in [0.25, 0.3) is 0 Å². The summed E-state index contributed by atoms with van der Waals surface area (Å²) in [5.74, 6) is -1.25. The minimum Gasteiger partial charge on any atom is -0.448 e. The van der Waals surface area contributed by atoms with Crippen LogP contribution >= 0.6 is 19.0 Å². The number of hydrogen-bond acceptors (Lipinski definition) is 6. The van der Waals surface area contributed by atoms with Crippen LogP contribution in [0.1, 0.15) is 17.2 Å². The molecule has 5 aromatic rings. The van der Waals surface area contributed by atoms with Crippen LogP contribution in [-0.2, 0) is 23.9 Å². The van der Waals surface area contributed by atoms with E-state index in [9.17, 15) is 19.2 Å². The van der Waals surface area contributed by atoms with E-state index in [1.165, 1.54) is 4.90 Å². The number of thioether (sulfide) groups is 1. The highest BCUT2D eigenvalue weighted by molar-refractivity contribution is 8.15. The number of ether oxygens (including phenoxy) is 1. The third kappa shape index (κ3) is 5.99. The number of carbonyl (C=O) groups excluding carboxylic acids is 4. The molecule has 242 valence electrons. The number of rotatable bonds is 11. The van der Waals surface area contributed by atoms with Gasteiger partial charge >= 0.3 is 5.97 Å². The van der Waals surface area contributed by atoms with Crippen LogP contribution in [-0.4, -0.2) is 45.9 Å². The first-order valence-corrected chi connectivity index (χ1v) is 18.7. The van der Waals surface area contributed by atoms with Gasteiger partial charge in [0.15, 0.2) is 6.10 Å². The highest BCUT2D eigenvalue weighted by atomic mass is 32.2. The summed E-state index contributed by atoms with van der Waals surface area (Å²) < 4.78 is 6.34. The summed E-state index contributed by atoms with van der Waals surface area (Å²) in [5.41, 5.74) is 1.63. The Bertz CT molecular complexity index is 1880. The second-order valence-electron chi connectivity index (χ2n) is 11.7. The normalized spacial score (nSPS) is 17.3. The summed E-state index contributed by atoms with van der Waals surface area (Å²) in [6.07, 6.45) is -0.186. The largest absolute Gasteiger partial charge is 0.448 e. The number of nitrogens with zero attached hydrogens (tertiary/aromatic N) is 1. The molecule has 1 fully saturated rings. The molecule has 0 radical (unpaired) electrons. The number of esters is 1. The van der Waals surface area contributed by atoms with Gasteiger partial charge in [-0.2, -0.15) is 0 Å². The standard InChI is InChI=1S/C40H31N2O5PS/c43-27-41-34-37(44)42-35(39(45)47-36(28-16-6-1-7-17-28)29-18-8-2-9-19-29)33(40(46)49-38(34)42)26-48(30-20-10-3-11-21-30,31-22-12-4-13-23-31)32-24-14-5-15-25-32/h1-25,27,34,36,38H,26H2/p+1/t34-,38-/m1/s1. The van der Waals surface area contributed by atoms with Gasteiger partial charge in [-0.05, 0) is 47.5 Å². The fourth-order valence-electron chi connectivity index (χ4n) is 6.59. The fourth-order valence-corrected chi connectivity index (χ4v) is 12.1. The minimum absolute atomic E-state index is 0.0771. The highest BCUT2D eigenvalue weighted by Gasteiger charge is 2.58. The molecule has 0 aliphatic carbocycles. The second-order valence-corrected chi connectivity index (χ2v) is 16.2. The molecule has 7 nitrogen and oxygen atoms in total. The Morgan fingerprint density at radius 1 is 0.714 bits per heavy atom. The van der Waals surface area contributed by atoms with Crippen molar-refractivity contribution in [3.63, 3.8) is 0 Å². The first-order valence-electron chi connectivity index (χ1n) is 15.9. The predicted molar refractivity (Wildman–Crippen MR) is 194 cm³/mol. The van der Waals surface area contributed by atoms with E-state index in [4.69, 9.17) is 4.74 Å². The molecule has 1 N–H and O–H groups in total. The average Bonchev–Trinajstić information content (AvgIpc) is 3.17. The van der Waals surface area contributed by atoms with Crippen molar-refractivity contribution in [2.75, 3.05) is 6.16 Å². The Balaban J connectivity index is 1.43. The molecule has 0 unspecified atom stereocenters. The lowest BCUT2D eigenvalue weighted by molar-refractivity contribution is -0.154. The molecule has 0 aromatic heterocycles. The van der Waals surface area contributed by atoms with Crippen LogP contribution < -0.4 is 21.2 Å². The molecular formula is C40H32N2O5PS+. The third-order valence-corrected chi connectivity index (χ3v) is 14.4. The molecular weight excluding hydrogens is 651 g/mol. The van der Waals surface area contributed by atoms with Crippen molar-refractivity contribution in [1.29, 1.82) is 0 Å². The van der Waals surface area contributed by atoms with Crippen molar-refractivity contribution >= 4 is 58.3 Å². The summed E-state index contributed by atoms with van der Waals surface area (Å²) in [6.45, 7) is 0. The van der Waals surface area contributed by atoms with Crippen molar-refractivity contribution in [3.05, 3.63) is 174 Å². The highest BCUT2D eigenvalue weighted by Crippen LogP contribution is 2.58. The zero-order valence-corrected chi connectivity index (χ0v) is 28.0. The Morgan fingerprint density at radius 3 is 1.57 bits per heavy atom. The van der Waals surface area contributed by atoms with Gasteiger partial charge in [0.25, 0.3) is 5.91 Å². The second kappa shape index (κ2) is 14.0. The van der Waals surface area contributed by atoms with Crippen molar-refractivity contribution in [2.24, 2.45) is 0 Å². The molecule has 2 aliphatic rings. The van der Waals surface area contributed by atoms with Crippen molar-refractivity contribution in [1.82, 2.24) is 10.2 Å². The summed E-state index contributed by atoms with van der Waals surface area (Å²) in [7, 11) is -2.67. The van der Waals surface area contributed by atoms with E-state index in [1.807, 2.05) is 115 Å². The Kier molecular flexibility index (Phi) is 9.25. The molecule has 7 rings (SSSR count). The lowest BCUT2D eigenvalue weighted by atomic mass is 10.0. The van der Waals surface area contributed by atoms with Gasteiger partial charge < -0.3 is 10.1 Å². The van der Waals surface area contributed by atoms with Gasteiger partial charge in [-0.25, -0.2) is 4.79 Å². The van der Waals surface area contributed by atoms with Gasteiger partial charge in [0.2, 0.25) is 11.5 Å². The van der Waals surface area contributed by atoms with E-state index in [0.717, 1.165) is 38.8 Å². The van der Waals surface area contributed by atoms with Gasteiger partial charge in [-0.15, -0.1) is 0 Å². The summed E-state index contributed by atoms with van der Waals surface area (Å²) in [4.78, 5) is 55.6. The Morgan fingerprint density at radius 2 is 1.14 bits per heavy atom. The quantitative estimate of drug-likeness (QED) is 0.0900. The fraction of sp³-hybridized carbons (Fsp3) is 0.100. The van der Waals surface area contributed by atoms with E-state index in [-0.39, 0.29) is 22.5 Å². The number of benzene rings is 5. The maximum Gasteiger partial charge on any atom is 0.356 e. The van der Waals surface area contributed by atoms with Crippen molar-refractivity contribution in [2.45, 2.75) is 17.5 Å². The summed E-state index contributed by atoms with van der Waals surface area (Å²) in [5, 5.41) is 4.49. The number of hydrogen-bond donors (Lipinski definition) is 1. The molecule has 9 heteroatoms. The molecule has 0 saturated carbocycles. The van der Waals surface area contributed by atoms with Crippen molar-refractivity contribution in [3.8, 4) is 0 Å². The molecule has 2 heterocycles. The van der Waals surface area contributed by atoms with E-state index in [0.29, 0.717) is 6.41 Å². The van der Waals surface area contributed by atoms with Gasteiger partial charge in [0.05, 0.1) is 5.57 Å². The molecule has 0 spiro atoms. The Labute approximate surface area is 289 Å². The van der Waals surface area contributed by atoms with E-state index < -0.39 is 36.7 Å². The zero-order chi connectivity index (χ0) is 33.8. The van der Waals surface area contributed by atoms with Crippen LogP contribution in [0.4, 0.5) is 0 Å². The first-order chi connectivity index (χ1) is 24.0.